The third-order valence-electron chi connectivity index (χ3n) is 7.08. The molecule has 11 heteroatoms. The Hall–Kier alpha value is -2.38. The highest BCUT2D eigenvalue weighted by Crippen LogP contribution is 2.38. The average molecular weight is 553 g/mol. The molecule has 220 valence electrons. The van der Waals surface area contributed by atoms with Gasteiger partial charge in [0.15, 0.2) is 0 Å². The topological polar surface area (TPSA) is 169 Å². The standard InChI is InChI=1S/C28H44N2O9/c1-20(28(35)38-17-18-39-30(36)37)29-27(34)12-8-3-2-7-11-23-24(26(33)19-25(23)32)16-15-22(31)14-13-21-9-5-4-6-10-21/h2,4-7,9-10,20,22-26,31-33,36-37H,3,8,11-19H2,1H3,(H,29,34)/b7-2-/t20?,22-,23+,24+,25-,26+/m0/s1. The van der Waals surface area contributed by atoms with Crippen LogP contribution in [0.1, 0.15) is 63.9 Å². The number of aliphatic hydroxyl groups excluding tert-OH is 3. The lowest BCUT2D eigenvalue weighted by atomic mass is 9.85. The molecular formula is C28H44N2O9. The van der Waals surface area contributed by atoms with Gasteiger partial charge in [0.1, 0.15) is 19.3 Å². The van der Waals surface area contributed by atoms with Crippen molar-refractivity contribution in [3.8, 4) is 0 Å². The number of aryl methyl sites for hydroxylation is 1. The van der Waals surface area contributed by atoms with E-state index in [1.54, 1.807) is 0 Å². The van der Waals surface area contributed by atoms with Gasteiger partial charge in [-0.15, -0.1) is 0 Å². The first-order valence-electron chi connectivity index (χ1n) is 13.7. The van der Waals surface area contributed by atoms with E-state index in [0.29, 0.717) is 44.9 Å². The lowest BCUT2D eigenvalue weighted by Crippen LogP contribution is -2.39. The van der Waals surface area contributed by atoms with Crippen LogP contribution in [0.2, 0.25) is 0 Å². The maximum atomic E-state index is 12.1. The number of esters is 1. The fourth-order valence-corrected chi connectivity index (χ4v) is 4.92. The molecule has 1 aliphatic carbocycles. The zero-order valence-corrected chi connectivity index (χ0v) is 22.6. The Kier molecular flexibility index (Phi) is 15.2. The minimum Gasteiger partial charge on any atom is -0.462 e. The predicted molar refractivity (Wildman–Crippen MR) is 141 cm³/mol. The van der Waals surface area contributed by atoms with Crippen LogP contribution in [-0.2, 0) is 25.6 Å². The number of aliphatic hydroxyl groups is 3. The van der Waals surface area contributed by atoms with Crippen LogP contribution in [0.15, 0.2) is 42.5 Å². The first-order chi connectivity index (χ1) is 18.7. The van der Waals surface area contributed by atoms with Gasteiger partial charge in [-0.3, -0.25) is 15.2 Å². The SMILES string of the molecule is CC(NC(=O)CCC/C=C\C[C@@H]1[C@@H](CC[C@@H](O)CCc2ccccc2)[C@H](O)C[C@@H]1O)C(=O)OCCON(O)O. The summed E-state index contributed by atoms with van der Waals surface area (Å²) in [6.45, 7) is 1.04. The van der Waals surface area contributed by atoms with Gasteiger partial charge in [0.05, 0.1) is 23.7 Å². The van der Waals surface area contributed by atoms with Gasteiger partial charge in [0.25, 0.3) is 0 Å². The van der Waals surface area contributed by atoms with Gasteiger partial charge in [0, 0.05) is 6.42 Å². The first kappa shape index (κ1) is 32.8. The molecule has 6 N–H and O–H groups in total. The van der Waals surface area contributed by atoms with Crippen molar-refractivity contribution in [3.05, 3.63) is 48.0 Å². The van der Waals surface area contributed by atoms with Crippen LogP contribution in [-0.4, -0.2) is 80.6 Å². The van der Waals surface area contributed by atoms with E-state index in [4.69, 9.17) is 15.2 Å². The van der Waals surface area contributed by atoms with Gasteiger partial charge >= 0.3 is 5.97 Å². The van der Waals surface area contributed by atoms with Crippen LogP contribution in [0.5, 0.6) is 0 Å². The summed E-state index contributed by atoms with van der Waals surface area (Å²) in [5.41, 5.74) is 1.19. The molecule has 11 nitrogen and oxygen atoms in total. The number of allylic oxidation sites excluding steroid dienone is 2. The smallest absolute Gasteiger partial charge is 0.328 e. The minimum atomic E-state index is -0.850. The molecule has 1 aromatic carbocycles. The molecule has 1 aromatic rings. The Labute approximate surface area is 229 Å². The fourth-order valence-electron chi connectivity index (χ4n) is 4.92. The molecule has 1 amide bonds. The number of benzene rings is 1. The zero-order valence-electron chi connectivity index (χ0n) is 22.6. The molecule has 6 atom stereocenters. The van der Waals surface area contributed by atoms with E-state index in [-0.39, 0.29) is 37.4 Å². The second kappa shape index (κ2) is 18.1. The molecule has 1 unspecified atom stereocenters. The summed E-state index contributed by atoms with van der Waals surface area (Å²) in [5.74, 6) is -1.09. The molecular weight excluding hydrogens is 508 g/mol. The molecule has 1 fully saturated rings. The molecule has 0 heterocycles. The fraction of sp³-hybridized carbons (Fsp3) is 0.643. The van der Waals surface area contributed by atoms with Gasteiger partial charge in [-0.1, -0.05) is 42.5 Å². The largest absolute Gasteiger partial charge is 0.462 e. The summed E-state index contributed by atoms with van der Waals surface area (Å²) in [6, 6.07) is 9.17. The van der Waals surface area contributed by atoms with Gasteiger partial charge in [0.2, 0.25) is 5.91 Å². The summed E-state index contributed by atoms with van der Waals surface area (Å²) < 4.78 is 4.86. The summed E-state index contributed by atoms with van der Waals surface area (Å²) in [4.78, 5) is 28.2. The molecule has 39 heavy (non-hydrogen) atoms. The second-order valence-electron chi connectivity index (χ2n) is 10.1. The van der Waals surface area contributed by atoms with Crippen molar-refractivity contribution in [2.45, 2.75) is 89.1 Å². The van der Waals surface area contributed by atoms with Crippen LogP contribution >= 0.6 is 0 Å². The van der Waals surface area contributed by atoms with Crippen molar-refractivity contribution < 1.29 is 44.9 Å². The number of ether oxygens (including phenoxy) is 1. The number of hydrogen-bond donors (Lipinski definition) is 6. The highest BCUT2D eigenvalue weighted by molar-refractivity contribution is 5.84. The zero-order chi connectivity index (χ0) is 28.6. The number of nitrogens with zero attached hydrogens (tertiary/aromatic N) is 1. The van der Waals surface area contributed by atoms with Crippen LogP contribution in [0, 0.1) is 11.8 Å². The average Bonchev–Trinajstić information content (AvgIpc) is 3.17. The summed E-state index contributed by atoms with van der Waals surface area (Å²) in [5, 5.41) is 50.2. The van der Waals surface area contributed by atoms with E-state index in [2.05, 4.69) is 10.2 Å². The maximum Gasteiger partial charge on any atom is 0.328 e. The van der Waals surface area contributed by atoms with Gasteiger partial charge < -0.3 is 25.4 Å². The number of rotatable bonds is 18. The lowest BCUT2D eigenvalue weighted by Gasteiger charge is -2.23. The molecule has 0 bridgehead atoms. The Balaban J connectivity index is 1.63. The Bertz CT molecular complexity index is 868. The van der Waals surface area contributed by atoms with E-state index in [1.807, 2.05) is 42.5 Å². The number of carbonyl (C=O) groups is 2. The van der Waals surface area contributed by atoms with E-state index in [1.165, 1.54) is 12.5 Å². The third-order valence-corrected chi connectivity index (χ3v) is 7.08. The normalized spacial score (nSPS) is 22.7. The molecule has 1 aliphatic rings. The Morgan fingerprint density at radius 2 is 1.79 bits per heavy atom. The monoisotopic (exact) mass is 552 g/mol. The molecule has 1 saturated carbocycles. The molecule has 2 rings (SSSR count). The van der Waals surface area contributed by atoms with Crippen LogP contribution in [0.25, 0.3) is 0 Å². The number of amides is 1. The molecule has 0 radical (unpaired) electrons. The van der Waals surface area contributed by atoms with Crippen molar-refractivity contribution in [2.24, 2.45) is 11.8 Å². The highest BCUT2D eigenvalue weighted by atomic mass is 17.1. The molecule has 0 saturated heterocycles. The van der Waals surface area contributed by atoms with Crippen molar-refractivity contribution in [1.82, 2.24) is 10.7 Å². The summed E-state index contributed by atoms with van der Waals surface area (Å²) in [7, 11) is 0. The minimum absolute atomic E-state index is 0.0687. The van der Waals surface area contributed by atoms with Crippen molar-refractivity contribution in [2.75, 3.05) is 13.2 Å². The van der Waals surface area contributed by atoms with Crippen LogP contribution in [0.4, 0.5) is 0 Å². The van der Waals surface area contributed by atoms with Crippen molar-refractivity contribution in [3.63, 3.8) is 0 Å². The van der Waals surface area contributed by atoms with Crippen molar-refractivity contribution >= 4 is 11.9 Å². The third kappa shape index (κ3) is 13.0. The predicted octanol–water partition coefficient (Wildman–Crippen LogP) is 2.29. The number of unbranched alkanes of at least 4 members (excludes halogenated alkanes) is 1. The van der Waals surface area contributed by atoms with E-state index in [0.717, 1.165) is 6.42 Å². The first-order valence-corrected chi connectivity index (χ1v) is 13.7. The molecule has 0 aromatic heterocycles. The van der Waals surface area contributed by atoms with Gasteiger partial charge in [-0.05, 0) is 75.7 Å². The van der Waals surface area contributed by atoms with Gasteiger partial charge in [-0.25, -0.2) is 9.63 Å². The van der Waals surface area contributed by atoms with E-state index in [9.17, 15) is 24.9 Å². The van der Waals surface area contributed by atoms with Crippen LogP contribution in [0.3, 0.4) is 0 Å². The Morgan fingerprint density at radius 3 is 2.51 bits per heavy atom. The second-order valence-corrected chi connectivity index (χ2v) is 10.1. The lowest BCUT2D eigenvalue weighted by molar-refractivity contribution is -0.493. The maximum absolute atomic E-state index is 12.1. The van der Waals surface area contributed by atoms with E-state index >= 15 is 0 Å². The summed E-state index contributed by atoms with van der Waals surface area (Å²) >= 11 is 0. The quantitative estimate of drug-likeness (QED) is 0.0688. The van der Waals surface area contributed by atoms with Crippen molar-refractivity contribution in [1.29, 1.82) is 0 Å². The summed E-state index contributed by atoms with van der Waals surface area (Å²) in [6.07, 6.45) is 7.44. The number of carbonyl (C=O) groups excluding carboxylic acids is 2. The van der Waals surface area contributed by atoms with Gasteiger partial charge in [-0.2, -0.15) is 0 Å². The number of nitrogens with one attached hydrogen (secondary N) is 1. The highest BCUT2D eigenvalue weighted by Gasteiger charge is 2.40. The Morgan fingerprint density at radius 1 is 1.08 bits per heavy atom. The van der Waals surface area contributed by atoms with Crippen LogP contribution < -0.4 is 5.32 Å². The molecule has 0 spiro atoms. The number of hydrogen-bond acceptors (Lipinski definition) is 10. The molecule has 0 aliphatic heterocycles. The van der Waals surface area contributed by atoms with E-state index < -0.39 is 35.7 Å².